The molecule has 1 aliphatic carbocycles. The van der Waals surface area contributed by atoms with Gasteiger partial charge in [-0.05, 0) is 76.5 Å². The maximum absolute atomic E-state index is 13.6. The number of hydrogen-bond acceptors (Lipinski definition) is 9. The van der Waals surface area contributed by atoms with Crippen LogP contribution in [-0.4, -0.2) is 36.2 Å². The molecular formula is C43H85N3O4S2. The smallest absolute Gasteiger partial charge is 0.306 e. The van der Waals surface area contributed by atoms with E-state index < -0.39 is 0 Å². The van der Waals surface area contributed by atoms with Crippen LogP contribution < -0.4 is 10.5 Å². The van der Waals surface area contributed by atoms with Crippen LogP contribution in [0.2, 0.25) is 0 Å². The van der Waals surface area contributed by atoms with Gasteiger partial charge in [0, 0.05) is 42.8 Å². The van der Waals surface area contributed by atoms with Crippen LogP contribution >= 0.6 is 12.8 Å². The number of carbonyl (C=O) groups is 2. The van der Waals surface area contributed by atoms with Crippen molar-refractivity contribution in [2.45, 2.75) is 239 Å². The van der Waals surface area contributed by atoms with Gasteiger partial charge in [-0.25, -0.2) is 4.78 Å². The Kier molecular flexibility index (Phi) is 32.0. The summed E-state index contributed by atoms with van der Waals surface area (Å²) in [5.41, 5.74) is 6.85. The molecule has 0 saturated heterocycles. The molecule has 1 rings (SSSR count). The number of nitrogens with two attached hydrogens (primary N) is 1. The summed E-state index contributed by atoms with van der Waals surface area (Å²) in [5, 5.41) is 0. The van der Waals surface area contributed by atoms with Crippen molar-refractivity contribution < 1.29 is 19.1 Å². The minimum absolute atomic E-state index is 0.0900. The second-order valence-corrected chi connectivity index (χ2v) is 17.3. The van der Waals surface area contributed by atoms with Crippen LogP contribution in [0.4, 0.5) is 0 Å². The minimum Gasteiger partial charge on any atom is -0.462 e. The van der Waals surface area contributed by atoms with Gasteiger partial charge in [0.2, 0.25) is 0 Å². The fraction of sp³-hybridized carbons (Fsp3) is 0.953. The van der Waals surface area contributed by atoms with Gasteiger partial charge in [-0.2, -0.15) is 0 Å². The molecule has 1 saturated carbocycles. The Balaban J connectivity index is 0.0000128. The zero-order chi connectivity index (χ0) is 39.1. The molecule has 4 unspecified atom stereocenters. The number of thiol groups is 1. The first-order valence-electron chi connectivity index (χ1n) is 21.7. The fourth-order valence-corrected chi connectivity index (χ4v) is 8.58. The summed E-state index contributed by atoms with van der Waals surface area (Å²) in [6.45, 7) is 14.4. The maximum atomic E-state index is 13.6. The van der Waals surface area contributed by atoms with E-state index in [1.807, 2.05) is 0 Å². The summed E-state index contributed by atoms with van der Waals surface area (Å²) in [7, 11) is 0. The summed E-state index contributed by atoms with van der Waals surface area (Å²) in [6, 6.07) is 0. The summed E-state index contributed by atoms with van der Waals surface area (Å²) in [5.74, 6) is 0.437. The summed E-state index contributed by atoms with van der Waals surface area (Å²) >= 11 is 7.32. The summed E-state index contributed by atoms with van der Waals surface area (Å²) < 4.78 is 20.3. The Hall–Kier alpha value is -0.770. The van der Waals surface area contributed by atoms with E-state index in [2.05, 4.69) is 71.5 Å². The van der Waals surface area contributed by atoms with E-state index in [1.54, 1.807) is 0 Å². The molecular weight excluding hydrogens is 687 g/mol. The van der Waals surface area contributed by atoms with Gasteiger partial charge in [-0.1, -0.05) is 157 Å². The van der Waals surface area contributed by atoms with Gasteiger partial charge in [-0.15, -0.1) is 0 Å². The van der Waals surface area contributed by atoms with Gasteiger partial charge in [-0.3, -0.25) is 14.3 Å². The van der Waals surface area contributed by atoms with Crippen LogP contribution in [0, 0.1) is 22.0 Å². The van der Waals surface area contributed by atoms with Crippen LogP contribution in [0.1, 0.15) is 221 Å². The molecule has 308 valence electrons. The molecule has 0 spiro atoms. The molecule has 1 fully saturated rings. The first-order chi connectivity index (χ1) is 25.0. The number of unbranched alkanes of at least 4 members (excludes halogenated alkanes) is 15. The van der Waals surface area contributed by atoms with Crippen molar-refractivity contribution in [1.82, 2.24) is 4.72 Å². The molecule has 7 nitrogen and oxygen atoms in total. The number of esters is 2. The van der Waals surface area contributed by atoms with E-state index in [-0.39, 0.29) is 41.0 Å². The van der Waals surface area contributed by atoms with Crippen LogP contribution in [0.5, 0.6) is 0 Å². The van der Waals surface area contributed by atoms with Crippen molar-refractivity contribution >= 4 is 37.2 Å². The lowest BCUT2D eigenvalue weighted by atomic mass is 9.67. The van der Waals surface area contributed by atoms with Gasteiger partial charge in [0.25, 0.3) is 0 Å². The van der Waals surface area contributed by atoms with Crippen molar-refractivity contribution in [1.29, 1.82) is 4.78 Å². The standard InChI is InChI=1S/C43H84N2O4S.HNS/c1-7-10-13-16-19-22-26-37(27-23-20-17-14-11-8-2)43(6,44)35-42(4,5)39(28-24-21-18-15-12-9-3)49-41(47)34-36-30-31-38(33-36)48-40(46)29-25-32-45-50;1-2/h36-39,45,50H,7-35,44H2,1-6H3;1H. The van der Waals surface area contributed by atoms with Crippen molar-refractivity contribution in [3.8, 4) is 0 Å². The third kappa shape index (κ3) is 25.3. The van der Waals surface area contributed by atoms with E-state index >= 15 is 0 Å². The van der Waals surface area contributed by atoms with Crippen LogP contribution in [0.3, 0.4) is 0 Å². The topological polar surface area (TPSA) is 114 Å². The minimum atomic E-state index is -0.312. The molecule has 0 aromatic rings. The summed E-state index contributed by atoms with van der Waals surface area (Å²) in [4.78, 5) is 25.8. The first kappa shape index (κ1) is 51.2. The average molecular weight is 772 g/mol. The number of hydrogen-bond donors (Lipinski definition) is 4. The average Bonchev–Trinajstić information content (AvgIpc) is 3.54. The van der Waals surface area contributed by atoms with Crippen LogP contribution in [0.15, 0.2) is 0 Å². The molecule has 0 aromatic carbocycles. The van der Waals surface area contributed by atoms with E-state index in [0.29, 0.717) is 31.7 Å². The lowest BCUT2D eigenvalue weighted by molar-refractivity contribution is -0.158. The third-order valence-electron chi connectivity index (χ3n) is 11.5. The van der Waals surface area contributed by atoms with Gasteiger partial charge < -0.3 is 15.2 Å². The Bertz CT molecular complexity index is 859. The predicted octanol–water partition coefficient (Wildman–Crippen LogP) is 12.5. The van der Waals surface area contributed by atoms with E-state index in [0.717, 1.165) is 38.5 Å². The molecule has 0 radical (unpaired) electrons. The normalized spacial score (nSPS) is 17.7. The maximum Gasteiger partial charge on any atom is 0.306 e. The highest BCUT2D eigenvalue weighted by Crippen LogP contribution is 2.41. The highest BCUT2D eigenvalue weighted by molar-refractivity contribution is 7.78. The number of nitrogens with one attached hydrogen (secondary N) is 2. The molecule has 0 bridgehead atoms. The molecule has 0 aromatic heterocycles. The lowest BCUT2D eigenvalue weighted by Crippen LogP contribution is -2.50. The zero-order valence-electron chi connectivity index (χ0n) is 34.9. The Labute approximate surface area is 333 Å². The molecule has 9 heteroatoms. The van der Waals surface area contributed by atoms with Gasteiger partial charge in [0.15, 0.2) is 0 Å². The summed E-state index contributed by atoms with van der Waals surface area (Å²) in [6.07, 6.45) is 31.0. The molecule has 1 aliphatic rings. The first-order valence-corrected chi connectivity index (χ1v) is 22.6. The predicted molar refractivity (Wildman–Crippen MR) is 226 cm³/mol. The Morgan fingerprint density at radius 3 is 1.73 bits per heavy atom. The van der Waals surface area contributed by atoms with Gasteiger partial charge in [0.05, 0.1) is 0 Å². The van der Waals surface area contributed by atoms with Crippen molar-refractivity contribution in [3.63, 3.8) is 0 Å². The highest BCUT2D eigenvalue weighted by Gasteiger charge is 2.41. The fourth-order valence-electron chi connectivity index (χ4n) is 8.43. The lowest BCUT2D eigenvalue weighted by Gasteiger charge is -2.44. The largest absolute Gasteiger partial charge is 0.462 e. The van der Waals surface area contributed by atoms with Crippen molar-refractivity contribution in [2.75, 3.05) is 6.54 Å². The van der Waals surface area contributed by atoms with E-state index in [9.17, 15) is 9.59 Å². The van der Waals surface area contributed by atoms with E-state index in [4.69, 9.17) is 20.0 Å². The Morgan fingerprint density at radius 2 is 1.23 bits per heavy atom. The van der Waals surface area contributed by atoms with Crippen molar-refractivity contribution in [2.24, 2.45) is 23.0 Å². The van der Waals surface area contributed by atoms with Gasteiger partial charge >= 0.3 is 11.9 Å². The number of carbonyl (C=O) groups excluding carboxylic acids is 2. The van der Waals surface area contributed by atoms with Crippen LogP contribution in [-0.2, 0) is 31.5 Å². The molecule has 0 aliphatic heterocycles. The molecule has 0 heterocycles. The third-order valence-corrected chi connectivity index (χ3v) is 11.7. The molecule has 52 heavy (non-hydrogen) atoms. The monoisotopic (exact) mass is 772 g/mol. The van der Waals surface area contributed by atoms with Gasteiger partial charge in [0.1, 0.15) is 12.2 Å². The highest BCUT2D eigenvalue weighted by atomic mass is 32.1. The second-order valence-electron chi connectivity index (χ2n) is 17.0. The second kappa shape index (κ2) is 32.5. The van der Waals surface area contributed by atoms with Crippen molar-refractivity contribution in [3.05, 3.63) is 0 Å². The number of rotatable bonds is 33. The molecule has 4 N–H and O–H groups in total. The SMILES string of the molecule is CCCCCCCCC(OC(=O)CC1CCC(OC(=O)CCCNS)C1)C(C)(C)CC(C)(N)C(CCCCCCCC)CCCCCCCC.N=S. The van der Waals surface area contributed by atoms with Crippen LogP contribution in [0.25, 0.3) is 0 Å². The van der Waals surface area contributed by atoms with E-state index in [1.165, 1.54) is 122 Å². The quantitative estimate of drug-likeness (QED) is 0.0298. The number of ether oxygens (including phenoxy) is 2. The molecule has 0 amide bonds. The zero-order valence-corrected chi connectivity index (χ0v) is 36.6. The Morgan fingerprint density at radius 1 is 0.750 bits per heavy atom. The molecule has 4 atom stereocenters.